The third kappa shape index (κ3) is 3.56. The number of carbonyl (C=O) groups excluding carboxylic acids is 2. The van der Waals surface area contributed by atoms with Crippen LogP contribution in [0.3, 0.4) is 0 Å². The van der Waals surface area contributed by atoms with Crippen LogP contribution in [0.5, 0.6) is 0 Å². The Morgan fingerprint density at radius 2 is 1.76 bits per heavy atom. The summed E-state index contributed by atoms with van der Waals surface area (Å²) in [7, 11) is 0. The number of likely N-dealkylation sites (tertiary alicyclic amines) is 1. The highest BCUT2D eigenvalue weighted by Gasteiger charge is 2.30. The Bertz CT molecular complexity index is 652. The number of hydrogen-bond acceptors (Lipinski definition) is 3. The van der Waals surface area contributed by atoms with E-state index >= 15 is 0 Å². The van der Waals surface area contributed by atoms with Crippen LogP contribution in [0.2, 0.25) is 0 Å². The van der Waals surface area contributed by atoms with Crippen molar-refractivity contribution < 1.29 is 9.59 Å². The molecule has 2 heterocycles. The smallest absolute Gasteiger partial charge is 0.242 e. The van der Waals surface area contributed by atoms with Crippen molar-refractivity contribution in [1.82, 2.24) is 14.7 Å². The molecule has 0 N–H and O–H groups in total. The Hall–Kier alpha value is -1.88. The van der Waals surface area contributed by atoms with E-state index in [4.69, 9.17) is 0 Å². The Balaban J connectivity index is 1.28. The number of aryl methyl sites for hydroxylation is 1. The molecule has 1 atom stereocenters. The van der Waals surface area contributed by atoms with Gasteiger partial charge in [-0.2, -0.15) is 0 Å². The first-order valence-electron chi connectivity index (χ1n) is 9.57. The number of fused-ring (bicyclic) bond motifs is 1. The fourth-order valence-electron chi connectivity index (χ4n) is 4.46. The average Bonchev–Trinajstić information content (AvgIpc) is 3.06. The minimum absolute atomic E-state index is 0.115. The van der Waals surface area contributed by atoms with Crippen molar-refractivity contribution in [2.75, 3.05) is 39.3 Å². The van der Waals surface area contributed by atoms with E-state index in [9.17, 15) is 9.59 Å². The molecule has 134 valence electrons. The van der Waals surface area contributed by atoms with Gasteiger partial charge in [0.25, 0.3) is 0 Å². The lowest BCUT2D eigenvalue weighted by molar-refractivity contribution is -0.139. The highest BCUT2D eigenvalue weighted by Crippen LogP contribution is 2.25. The summed E-state index contributed by atoms with van der Waals surface area (Å²) in [6, 6.07) is 9.38. The van der Waals surface area contributed by atoms with E-state index in [0.29, 0.717) is 12.5 Å². The van der Waals surface area contributed by atoms with E-state index in [1.807, 2.05) is 4.90 Å². The minimum atomic E-state index is 0.115. The van der Waals surface area contributed by atoms with Crippen molar-refractivity contribution in [2.24, 2.45) is 0 Å². The number of hydrogen-bond donors (Lipinski definition) is 0. The molecule has 4 rings (SSSR count). The maximum atomic E-state index is 12.5. The molecule has 0 bridgehead atoms. The number of amides is 2. The monoisotopic (exact) mass is 341 g/mol. The van der Waals surface area contributed by atoms with Gasteiger partial charge >= 0.3 is 0 Å². The molecule has 0 aromatic heterocycles. The molecule has 2 aliphatic heterocycles. The number of nitrogens with zero attached hydrogens (tertiary/aromatic N) is 3. The van der Waals surface area contributed by atoms with Crippen molar-refractivity contribution in [1.29, 1.82) is 0 Å². The summed E-state index contributed by atoms with van der Waals surface area (Å²) in [5.74, 6) is 0.247. The normalized spacial score (nSPS) is 24.5. The Morgan fingerprint density at radius 1 is 1.00 bits per heavy atom. The minimum Gasteiger partial charge on any atom is -0.339 e. The molecular formula is C20H27N3O2. The van der Waals surface area contributed by atoms with Crippen LogP contribution < -0.4 is 0 Å². The Kier molecular flexibility index (Phi) is 4.75. The summed E-state index contributed by atoms with van der Waals surface area (Å²) in [5, 5.41) is 0. The molecule has 0 radical (unpaired) electrons. The third-order valence-electron chi connectivity index (χ3n) is 6.00. The number of rotatable bonds is 3. The van der Waals surface area contributed by atoms with E-state index in [0.717, 1.165) is 52.0 Å². The molecule has 1 aromatic carbocycles. The molecule has 25 heavy (non-hydrogen) atoms. The van der Waals surface area contributed by atoms with E-state index in [2.05, 4.69) is 29.2 Å². The van der Waals surface area contributed by atoms with E-state index in [1.54, 1.807) is 4.90 Å². The van der Waals surface area contributed by atoms with Crippen LogP contribution in [0, 0.1) is 0 Å². The van der Waals surface area contributed by atoms with Gasteiger partial charge in [0.15, 0.2) is 0 Å². The lowest BCUT2D eigenvalue weighted by Gasteiger charge is -2.41. The van der Waals surface area contributed by atoms with Crippen LogP contribution >= 0.6 is 0 Å². The molecule has 2 saturated heterocycles. The molecule has 5 heteroatoms. The van der Waals surface area contributed by atoms with E-state index in [-0.39, 0.29) is 18.4 Å². The first kappa shape index (κ1) is 16.6. The van der Waals surface area contributed by atoms with Gasteiger partial charge in [-0.1, -0.05) is 24.3 Å². The summed E-state index contributed by atoms with van der Waals surface area (Å²) in [6.07, 6.45) is 5.00. The zero-order valence-electron chi connectivity index (χ0n) is 14.8. The highest BCUT2D eigenvalue weighted by atomic mass is 16.2. The summed E-state index contributed by atoms with van der Waals surface area (Å²) in [5.41, 5.74) is 2.99. The lowest BCUT2D eigenvalue weighted by atomic mass is 9.87. The molecule has 2 amide bonds. The second-order valence-electron chi connectivity index (χ2n) is 7.50. The van der Waals surface area contributed by atoms with Gasteiger partial charge in [0.2, 0.25) is 11.8 Å². The van der Waals surface area contributed by atoms with Gasteiger partial charge in [-0.3, -0.25) is 14.5 Å². The summed E-state index contributed by atoms with van der Waals surface area (Å²) >= 11 is 0. The molecular weight excluding hydrogens is 314 g/mol. The van der Waals surface area contributed by atoms with Crippen molar-refractivity contribution in [3.05, 3.63) is 35.4 Å². The zero-order valence-corrected chi connectivity index (χ0v) is 14.8. The van der Waals surface area contributed by atoms with Crippen molar-refractivity contribution in [2.45, 2.75) is 38.1 Å². The number of piperazine rings is 1. The molecule has 1 unspecified atom stereocenters. The largest absolute Gasteiger partial charge is 0.339 e. The lowest BCUT2D eigenvalue weighted by Crippen LogP contribution is -2.54. The van der Waals surface area contributed by atoms with Crippen molar-refractivity contribution in [3.8, 4) is 0 Å². The molecule has 5 nitrogen and oxygen atoms in total. The fourth-order valence-corrected chi connectivity index (χ4v) is 4.46. The van der Waals surface area contributed by atoms with Gasteiger partial charge in [0, 0.05) is 45.2 Å². The fraction of sp³-hybridized carbons (Fsp3) is 0.600. The second kappa shape index (κ2) is 7.16. The first-order chi connectivity index (χ1) is 12.2. The van der Waals surface area contributed by atoms with Crippen molar-refractivity contribution in [3.63, 3.8) is 0 Å². The molecule has 2 fully saturated rings. The van der Waals surface area contributed by atoms with Gasteiger partial charge in [0.05, 0.1) is 6.54 Å². The number of benzene rings is 1. The maximum absolute atomic E-state index is 12.5. The predicted octanol–water partition coefficient (Wildman–Crippen LogP) is 1.31. The molecule has 3 aliphatic rings. The van der Waals surface area contributed by atoms with E-state index in [1.165, 1.54) is 17.5 Å². The van der Waals surface area contributed by atoms with Crippen LogP contribution in [0.4, 0.5) is 0 Å². The summed E-state index contributed by atoms with van der Waals surface area (Å²) < 4.78 is 0. The average molecular weight is 341 g/mol. The first-order valence-corrected chi connectivity index (χ1v) is 9.57. The van der Waals surface area contributed by atoms with Gasteiger partial charge in [0.1, 0.15) is 0 Å². The second-order valence-corrected chi connectivity index (χ2v) is 7.50. The van der Waals surface area contributed by atoms with Crippen LogP contribution in [-0.2, 0) is 22.4 Å². The van der Waals surface area contributed by atoms with Gasteiger partial charge in [-0.05, 0) is 36.8 Å². The quantitative estimate of drug-likeness (QED) is 0.833. The van der Waals surface area contributed by atoms with Crippen LogP contribution in [0.15, 0.2) is 24.3 Å². The van der Waals surface area contributed by atoms with Gasteiger partial charge in [-0.25, -0.2) is 0 Å². The van der Waals surface area contributed by atoms with E-state index < -0.39 is 0 Å². The maximum Gasteiger partial charge on any atom is 0.242 e. The zero-order chi connectivity index (χ0) is 17.2. The topological polar surface area (TPSA) is 43.9 Å². The number of carbonyl (C=O) groups is 2. The van der Waals surface area contributed by atoms with Gasteiger partial charge < -0.3 is 9.80 Å². The predicted molar refractivity (Wildman–Crippen MR) is 96.2 cm³/mol. The summed E-state index contributed by atoms with van der Waals surface area (Å²) in [4.78, 5) is 30.4. The van der Waals surface area contributed by atoms with Crippen molar-refractivity contribution >= 4 is 11.8 Å². The third-order valence-corrected chi connectivity index (χ3v) is 6.00. The molecule has 0 spiro atoms. The van der Waals surface area contributed by atoms with Gasteiger partial charge in [-0.15, -0.1) is 0 Å². The SMILES string of the molecule is O=C(CN1CCCC1=O)N1CCN(C2CCc3ccccc3C2)CC1. The highest BCUT2D eigenvalue weighted by molar-refractivity contribution is 5.85. The van der Waals surface area contributed by atoms with Crippen LogP contribution in [-0.4, -0.2) is 71.8 Å². The molecule has 1 aliphatic carbocycles. The molecule has 0 saturated carbocycles. The Morgan fingerprint density at radius 3 is 2.48 bits per heavy atom. The molecule has 1 aromatic rings. The van der Waals surface area contributed by atoms with Crippen LogP contribution in [0.25, 0.3) is 0 Å². The Labute approximate surface area is 149 Å². The standard InChI is InChI=1S/C20H27N3O2/c24-19-6-3-9-23(19)15-20(25)22-12-10-21(11-13-22)18-8-7-16-4-1-2-5-17(16)14-18/h1-2,4-5,18H,3,6-15H2. The summed E-state index contributed by atoms with van der Waals surface area (Å²) in [6.45, 7) is 4.50. The van der Waals surface area contributed by atoms with Crippen LogP contribution in [0.1, 0.15) is 30.4 Å².